The lowest BCUT2D eigenvalue weighted by Gasteiger charge is -2.05. The van der Waals surface area contributed by atoms with Crippen molar-refractivity contribution in [1.29, 1.82) is 0 Å². The zero-order chi connectivity index (χ0) is 11.4. The van der Waals surface area contributed by atoms with Crippen LogP contribution < -0.4 is 5.32 Å². The summed E-state index contributed by atoms with van der Waals surface area (Å²) in [4.78, 5) is 3.93. The van der Waals surface area contributed by atoms with Crippen LogP contribution in [0.3, 0.4) is 0 Å². The third-order valence-corrected chi connectivity index (χ3v) is 2.60. The summed E-state index contributed by atoms with van der Waals surface area (Å²) in [7, 11) is 1.91. The van der Waals surface area contributed by atoms with E-state index in [4.69, 9.17) is 11.6 Å². The number of nitrogens with one attached hydrogen (secondary N) is 1. The number of nitrogens with zero attached hydrogens (tertiary/aromatic N) is 4. The van der Waals surface area contributed by atoms with Gasteiger partial charge in [-0.2, -0.15) is 0 Å². The Bertz CT molecular complexity index is 468. The van der Waals surface area contributed by atoms with Crippen molar-refractivity contribution >= 4 is 11.6 Å². The van der Waals surface area contributed by atoms with E-state index in [0.717, 1.165) is 11.4 Å². The maximum atomic E-state index is 5.98. The molecule has 0 amide bonds. The normalized spacial score (nSPS) is 10.6. The summed E-state index contributed by atoms with van der Waals surface area (Å²) in [5.74, 6) is 0.894. The molecular weight excluding hydrogens is 226 g/mol. The molecule has 2 heterocycles. The van der Waals surface area contributed by atoms with Crippen LogP contribution in [0.1, 0.15) is 11.4 Å². The van der Waals surface area contributed by atoms with Gasteiger partial charge in [-0.05, 0) is 11.6 Å². The first-order chi connectivity index (χ1) is 7.77. The van der Waals surface area contributed by atoms with Gasteiger partial charge in [0, 0.05) is 26.0 Å². The number of aryl methyl sites for hydroxylation is 1. The molecule has 2 aromatic heterocycles. The quantitative estimate of drug-likeness (QED) is 0.867. The number of hydrogen-bond donors (Lipinski definition) is 1. The van der Waals surface area contributed by atoms with Crippen LogP contribution >= 0.6 is 11.6 Å². The maximum Gasteiger partial charge on any atom is 0.146 e. The van der Waals surface area contributed by atoms with Gasteiger partial charge >= 0.3 is 0 Å². The zero-order valence-electron chi connectivity index (χ0n) is 8.89. The minimum Gasteiger partial charge on any atom is -0.320 e. The van der Waals surface area contributed by atoms with E-state index in [9.17, 15) is 0 Å². The lowest BCUT2D eigenvalue weighted by Crippen LogP contribution is -2.16. The van der Waals surface area contributed by atoms with Gasteiger partial charge in [0.05, 0.1) is 11.6 Å². The van der Waals surface area contributed by atoms with E-state index < -0.39 is 0 Å². The molecule has 0 unspecified atom stereocenters. The molecule has 2 aromatic rings. The first-order valence-electron chi connectivity index (χ1n) is 4.89. The highest BCUT2D eigenvalue weighted by Crippen LogP contribution is 2.12. The van der Waals surface area contributed by atoms with Crippen molar-refractivity contribution in [2.45, 2.75) is 13.1 Å². The van der Waals surface area contributed by atoms with E-state index in [-0.39, 0.29) is 0 Å². The molecule has 0 bridgehead atoms. The fraction of sp³-hybridized carbons (Fsp3) is 0.300. The maximum absolute atomic E-state index is 5.98. The van der Waals surface area contributed by atoms with Crippen molar-refractivity contribution < 1.29 is 0 Å². The molecule has 0 fully saturated rings. The molecule has 5 nitrogen and oxygen atoms in total. The Labute approximate surface area is 98.5 Å². The van der Waals surface area contributed by atoms with Gasteiger partial charge < -0.3 is 9.88 Å². The molecule has 2 rings (SSSR count). The molecule has 6 heteroatoms. The zero-order valence-corrected chi connectivity index (χ0v) is 9.65. The molecule has 1 N–H and O–H groups in total. The Kier molecular flexibility index (Phi) is 3.48. The van der Waals surface area contributed by atoms with Gasteiger partial charge in [-0.1, -0.05) is 11.6 Å². The molecule has 0 atom stereocenters. The minimum atomic E-state index is 0.662. The molecule has 0 spiro atoms. The SMILES string of the molecule is Cn1cnnc1CNCc1ccncc1Cl. The Morgan fingerprint density at radius 3 is 3.00 bits per heavy atom. The van der Waals surface area contributed by atoms with E-state index in [1.54, 1.807) is 18.7 Å². The molecule has 16 heavy (non-hydrogen) atoms. The van der Waals surface area contributed by atoms with Gasteiger partial charge in [-0.3, -0.25) is 4.98 Å². The topological polar surface area (TPSA) is 55.6 Å². The largest absolute Gasteiger partial charge is 0.320 e. The molecule has 0 saturated carbocycles. The molecular formula is C10H12ClN5. The summed E-state index contributed by atoms with van der Waals surface area (Å²) in [6.07, 6.45) is 5.04. The third kappa shape index (κ3) is 2.56. The number of halogens is 1. The Morgan fingerprint density at radius 2 is 2.31 bits per heavy atom. The van der Waals surface area contributed by atoms with Gasteiger partial charge in [0.2, 0.25) is 0 Å². The van der Waals surface area contributed by atoms with Crippen LogP contribution in [0.15, 0.2) is 24.8 Å². The molecule has 84 valence electrons. The smallest absolute Gasteiger partial charge is 0.146 e. The van der Waals surface area contributed by atoms with Crippen LogP contribution in [0.4, 0.5) is 0 Å². The van der Waals surface area contributed by atoms with E-state index in [1.807, 2.05) is 17.7 Å². The second-order valence-corrected chi connectivity index (χ2v) is 3.84. The van der Waals surface area contributed by atoms with Crippen molar-refractivity contribution in [3.63, 3.8) is 0 Å². The van der Waals surface area contributed by atoms with Crippen molar-refractivity contribution in [3.05, 3.63) is 41.2 Å². The van der Waals surface area contributed by atoms with Crippen LogP contribution in [0.2, 0.25) is 5.02 Å². The predicted molar refractivity (Wildman–Crippen MR) is 60.8 cm³/mol. The second kappa shape index (κ2) is 5.05. The van der Waals surface area contributed by atoms with Crippen molar-refractivity contribution in [1.82, 2.24) is 25.1 Å². The second-order valence-electron chi connectivity index (χ2n) is 3.43. The highest BCUT2D eigenvalue weighted by atomic mass is 35.5. The average Bonchev–Trinajstić information content (AvgIpc) is 2.67. The predicted octanol–water partition coefficient (Wildman–Crippen LogP) is 1.15. The summed E-state index contributed by atoms with van der Waals surface area (Å²) < 4.78 is 1.88. The van der Waals surface area contributed by atoms with Crippen LogP contribution in [0.5, 0.6) is 0 Å². The van der Waals surface area contributed by atoms with Gasteiger partial charge in [0.25, 0.3) is 0 Å². The third-order valence-electron chi connectivity index (χ3n) is 2.26. The number of rotatable bonds is 4. The lowest BCUT2D eigenvalue weighted by atomic mass is 10.2. The molecule has 0 aliphatic rings. The highest BCUT2D eigenvalue weighted by Gasteiger charge is 2.01. The summed E-state index contributed by atoms with van der Waals surface area (Å²) in [6, 6.07) is 1.89. The van der Waals surface area contributed by atoms with E-state index in [0.29, 0.717) is 18.1 Å². The lowest BCUT2D eigenvalue weighted by molar-refractivity contribution is 0.637. The van der Waals surface area contributed by atoms with Crippen molar-refractivity contribution in [3.8, 4) is 0 Å². The molecule has 0 saturated heterocycles. The molecule has 0 aliphatic heterocycles. The highest BCUT2D eigenvalue weighted by molar-refractivity contribution is 6.31. The Balaban J connectivity index is 1.89. The summed E-state index contributed by atoms with van der Waals surface area (Å²) in [6.45, 7) is 1.35. The molecule has 0 aliphatic carbocycles. The number of aromatic nitrogens is 4. The Morgan fingerprint density at radius 1 is 1.44 bits per heavy atom. The Hall–Kier alpha value is -1.46. The standard InChI is InChI=1S/C10H12ClN5/c1-16-7-14-15-10(16)6-13-4-8-2-3-12-5-9(8)11/h2-3,5,7,13H,4,6H2,1H3. The van der Waals surface area contributed by atoms with Gasteiger partial charge in [0.15, 0.2) is 0 Å². The van der Waals surface area contributed by atoms with E-state index in [2.05, 4.69) is 20.5 Å². The molecule has 0 aromatic carbocycles. The van der Waals surface area contributed by atoms with Crippen LogP contribution in [0.25, 0.3) is 0 Å². The van der Waals surface area contributed by atoms with Gasteiger partial charge in [0.1, 0.15) is 12.2 Å². The minimum absolute atomic E-state index is 0.662. The summed E-state index contributed by atoms with van der Waals surface area (Å²) >= 11 is 5.98. The number of pyridine rings is 1. The molecule has 0 radical (unpaired) electrons. The van der Waals surface area contributed by atoms with Gasteiger partial charge in [-0.25, -0.2) is 0 Å². The van der Waals surface area contributed by atoms with Crippen LogP contribution in [0, 0.1) is 0 Å². The van der Waals surface area contributed by atoms with E-state index in [1.165, 1.54) is 0 Å². The van der Waals surface area contributed by atoms with Crippen LogP contribution in [-0.4, -0.2) is 19.7 Å². The van der Waals surface area contributed by atoms with Gasteiger partial charge in [-0.15, -0.1) is 10.2 Å². The summed E-state index contributed by atoms with van der Waals surface area (Å²) in [5.41, 5.74) is 1.03. The fourth-order valence-corrected chi connectivity index (χ4v) is 1.51. The fourth-order valence-electron chi connectivity index (χ4n) is 1.32. The van der Waals surface area contributed by atoms with Crippen molar-refractivity contribution in [2.24, 2.45) is 7.05 Å². The summed E-state index contributed by atoms with van der Waals surface area (Å²) in [5, 5.41) is 11.7. The first kappa shape index (κ1) is 11.0. The van der Waals surface area contributed by atoms with Crippen LogP contribution in [-0.2, 0) is 20.1 Å². The number of hydrogen-bond acceptors (Lipinski definition) is 4. The van der Waals surface area contributed by atoms with E-state index >= 15 is 0 Å². The van der Waals surface area contributed by atoms with Crippen molar-refractivity contribution in [2.75, 3.05) is 0 Å². The first-order valence-corrected chi connectivity index (χ1v) is 5.27. The monoisotopic (exact) mass is 237 g/mol. The average molecular weight is 238 g/mol.